The van der Waals surface area contributed by atoms with E-state index in [4.69, 9.17) is 9.72 Å². The lowest BCUT2D eigenvalue weighted by atomic mass is 9.86. The minimum Gasteiger partial charge on any atom is -0.508 e. The van der Waals surface area contributed by atoms with Crippen molar-refractivity contribution < 1.29 is 18.6 Å². The third kappa shape index (κ3) is 4.73. The van der Waals surface area contributed by atoms with Gasteiger partial charge in [-0.25, -0.2) is 8.78 Å². The number of aryl methyl sites for hydroxylation is 1. The molecule has 0 amide bonds. The first kappa shape index (κ1) is 27.8. The summed E-state index contributed by atoms with van der Waals surface area (Å²) in [5.74, 6) is 0.211. The van der Waals surface area contributed by atoms with Crippen molar-refractivity contribution >= 4 is 28.5 Å². The average molecular weight is 609 g/mol. The molecule has 1 unspecified atom stereocenters. The molecule has 5 aliphatic rings. The Labute approximate surface area is 254 Å². The van der Waals surface area contributed by atoms with Crippen LogP contribution >= 0.6 is 11.8 Å². The van der Waals surface area contributed by atoms with Gasteiger partial charge in [0.2, 0.25) is 0 Å². The number of phenolic OH excluding ortho intramolecular Hbond substituents is 1. The SMILES string of the molecule is CSC1CCCc2cc(O)cc(-c3ncc4c(N5C[C@H]6CC[C@@H](C5)N6)nc(OC[C@@]56CCCN5C[C@H](F)C6)nc4c3F)c21. The Morgan fingerprint density at radius 1 is 1.14 bits per heavy atom. The van der Waals surface area contributed by atoms with Crippen LogP contribution in [0, 0.1) is 5.82 Å². The highest BCUT2D eigenvalue weighted by Crippen LogP contribution is 2.46. The number of thioether (sulfide) groups is 1. The van der Waals surface area contributed by atoms with E-state index in [-0.39, 0.29) is 40.4 Å². The van der Waals surface area contributed by atoms with Crippen molar-refractivity contribution in [3.63, 3.8) is 0 Å². The number of piperazine rings is 1. The highest BCUT2D eigenvalue weighted by Gasteiger charge is 2.49. The number of hydrogen-bond donors (Lipinski definition) is 2. The molecule has 4 aliphatic heterocycles. The van der Waals surface area contributed by atoms with Gasteiger partial charge in [-0.2, -0.15) is 21.7 Å². The van der Waals surface area contributed by atoms with Gasteiger partial charge in [0.15, 0.2) is 5.82 Å². The van der Waals surface area contributed by atoms with Crippen molar-refractivity contribution in [1.29, 1.82) is 0 Å². The molecule has 11 heteroatoms. The lowest BCUT2D eigenvalue weighted by Gasteiger charge is -2.34. The first-order chi connectivity index (χ1) is 20.9. The van der Waals surface area contributed by atoms with E-state index in [9.17, 15) is 9.50 Å². The van der Waals surface area contributed by atoms with Gasteiger partial charge in [-0.1, -0.05) is 0 Å². The van der Waals surface area contributed by atoms with Crippen molar-refractivity contribution in [3.8, 4) is 23.0 Å². The van der Waals surface area contributed by atoms with E-state index in [1.165, 1.54) is 0 Å². The van der Waals surface area contributed by atoms with Crippen LogP contribution in [0.1, 0.15) is 61.3 Å². The molecule has 4 saturated heterocycles. The smallest absolute Gasteiger partial charge is 0.319 e. The number of nitrogens with one attached hydrogen (secondary N) is 1. The summed E-state index contributed by atoms with van der Waals surface area (Å²) in [5.41, 5.74) is 2.72. The molecule has 2 bridgehead atoms. The number of alkyl halides is 1. The number of aromatic hydroxyl groups is 1. The Balaban J connectivity index is 1.24. The fraction of sp³-hybridized carbons (Fsp3) is 0.594. The minimum absolute atomic E-state index is 0.114. The van der Waals surface area contributed by atoms with Crippen molar-refractivity contribution in [2.24, 2.45) is 0 Å². The molecule has 2 aromatic heterocycles. The number of pyridine rings is 1. The van der Waals surface area contributed by atoms with E-state index in [2.05, 4.69) is 31.3 Å². The second-order valence-electron chi connectivity index (χ2n) is 13.1. The summed E-state index contributed by atoms with van der Waals surface area (Å²) in [6.45, 7) is 3.11. The summed E-state index contributed by atoms with van der Waals surface area (Å²) in [5, 5.41) is 15.0. The van der Waals surface area contributed by atoms with Crippen LogP contribution in [0.3, 0.4) is 0 Å². The summed E-state index contributed by atoms with van der Waals surface area (Å²) in [6, 6.07) is 4.28. The van der Waals surface area contributed by atoms with Gasteiger partial charge in [0, 0.05) is 55.1 Å². The molecule has 8 rings (SSSR count). The Morgan fingerprint density at radius 2 is 1.98 bits per heavy atom. The van der Waals surface area contributed by atoms with Crippen LogP contribution in [0.4, 0.5) is 14.6 Å². The maximum Gasteiger partial charge on any atom is 0.319 e. The number of nitrogens with zero attached hydrogens (tertiary/aromatic N) is 5. The molecular weight excluding hydrogens is 570 g/mol. The van der Waals surface area contributed by atoms with Gasteiger partial charge in [-0.15, -0.1) is 0 Å². The van der Waals surface area contributed by atoms with Crippen molar-refractivity contribution in [2.45, 2.75) is 80.4 Å². The number of fused-ring (bicyclic) bond motifs is 5. The maximum absolute atomic E-state index is 16.8. The van der Waals surface area contributed by atoms with Gasteiger partial charge in [0.1, 0.15) is 35.6 Å². The largest absolute Gasteiger partial charge is 0.508 e. The highest BCUT2D eigenvalue weighted by molar-refractivity contribution is 7.98. The van der Waals surface area contributed by atoms with Crippen LogP contribution in [0.25, 0.3) is 22.2 Å². The highest BCUT2D eigenvalue weighted by atomic mass is 32.2. The number of rotatable bonds is 6. The first-order valence-corrected chi connectivity index (χ1v) is 17.0. The summed E-state index contributed by atoms with van der Waals surface area (Å²) in [7, 11) is 0. The number of anilines is 1. The summed E-state index contributed by atoms with van der Waals surface area (Å²) >= 11 is 1.75. The average Bonchev–Trinajstić information content (AvgIpc) is 3.65. The third-order valence-electron chi connectivity index (χ3n) is 10.4. The number of phenols is 1. The fourth-order valence-electron chi connectivity index (χ4n) is 8.47. The number of aromatic nitrogens is 3. The Morgan fingerprint density at radius 3 is 2.79 bits per heavy atom. The molecule has 0 saturated carbocycles. The van der Waals surface area contributed by atoms with Gasteiger partial charge in [0.25, 0.3) is 0 Å². The molecule has 1 aromatic carbocycles. The van der Waals surface area contributed by atoms with Crippen molar-refractivity contribution in [2.75, 3.05) is 43.9 Å². The zero-order chi connectivity index (χ0) is 29.3. The molecule has 43 heavy (non-hydrogen) atoms. The van der Waals surface area contributed by atoms with E-state index >= 15 is 4.39 Å². The quantitative estimate of drug-likeness (QED) is 0.394. The van der Waals surface area contributed by atoms with Crippen LogP contribution in [-0.4, -0.2) is 87.8 Å². The predicted molar refractivity (Wildman–Crippen MR) is 164 cm³/mol. The third-order valence-corrected chi connectivity index (χ3v) is 11.5. The van der Waals surface area contributed by atoms with Gasteiger partial charge >= 0.3 is 6.01 Å². The summed E-state index contributed by atoms with van der Waals surface area (Å²) in [6.07, 6.45) is 10.3. The van der Waals surface area contributed by atoms with Crippen LogP contribution < -0.4 is 15.0 Å². The van der Waals surface area contributed by atoms with Gasteiger partial charge < -0.3 is 20.1 Å². The monoisotopic (exact) mass is 608 g/mol. The fourth-order valence-corrected chi connectivity index (χ4v) is 9.39. The molecular formula is C32H38F2N6O2S. The molecule has 0 spiro atoms. The molecule has 4 fully saturated rings. The lowest BCUT2D eigenvalue weighted by Crippen LogP contribution is -2.51. The molecule has 5 atom stereocenters. The normalized spacial score (nSPS) is 30.2. The number of benzene rings is 1. The Bertz CT molecular complexity index is 1560. The van der Waals surface area contributed by atoms with Crippen LogP contribution in [0.15, 0.2) is 18.3 Å². The zero-order valence-corrected chi connectivity index (χ0v) is 25.3. The standard InChI is InChI=1S/C32H38F2N6O2S/c1-43-25-5-2-4-18-10-22(41)11-23(26(18)25)28-27(34)29-24(13-35-28)30(39-15-20-6-7-21(16-39)36-20)38-31(37-29)42-17-32-8-3-9-40(32)14-19(33)12-32/h10-11,13,19-21,25,36,41H,2-9,12,14-17H2,1H3/t19-,20-,21+,25?,32+/m1/s1. The zero-order valence-electron chi connectivity index (χ0n) is 24.5. The number of halogens is 2. The van der Waals surface area contributed by atoms with Gasteiger partial charge in [-0.05, 0) is 81.0 Å². The van der Waals surface area contributed by atoms with E-state index in [1.54, 1.807) is 24.0 Å². The first-order valence-electron chi connectivity index (χ1n) is 15.7. The Kier molecular flexibility index (Phi) is 6.91. The lowest BCUT2D eigenvalue weighted by molar-refractivity contribution is 0.107. The molecule has 3 aromatic rings. The van der Waals surface area contributed by atoms with E-state index < -0.39 is 12.0 Å². The minimum atomic E-state index is -0.863. The van der Waals surface area contributed by atoms with E-state index in [1.807, 2.05) is 6.07 Å². The van der Waals surface area contributed by atoms with E-state index in [0.29, 0.717) is 41.8 Å². The topological polar surface area (TPSA) is 86.6 Å². The molecule has 6 heterocycles. The number of hydrogen-bond acceptors (Lipinski definition) is 9. The molecule has 8 nitrogen and oxygen atoms in total. The second-order valence-corrected chi connectivity index (χ2v) is 14.1. The summed E-state index contributed by atoms with van der Waals surface area (Å²) < 4.78 is 37.5. The maximum atomic E-state index is 16.8. The molecule has 2 N–H and O–H groups in total. The van der Waals surface area contributed by atoms with Crippen LogP contribution in [0.5, 0.6) is 11.8 Å². The second kappa shape index (κ2) is 10.7. The van der Waals surface area contributed by atoms with Crippen LogP contribution in [-0.2, 0) is 6.42 Å². The molecule has 1 aliphatic carbocycles. The van der Waals surface area contributed by atoms with E-state index in [0.717, 1.165) is 75.7 Å². The van der Waals surface area contributed by atoms with Crippen molar-refractivity contribution in [3.05, 3.63) is 35.3 Å². The van der Waals surface area contributed by atoms with Crippen molar-refractivity contribution in [1.82, 2.24) is 25.2 Å². The Hall–Kier alpha value is -2.76. The summed E-state index contributed by atoms with van der Waals surface area (Å²) in [4.78, 5) is 18.6. The van der Waals surface area contributed by atoms with Gasteiger partial charge in [-0.3, -0.25) is 9.88 Å². The van der Waals surface area contributed by atoms with Gasteiger partial charge in [0.05, 0.1) is 10.9 Å². The number of ether oxygens (including phenoxy) is 1. The molecule has 0 radical (unpaired) electrons. The molecule has 228 valence electrons. The predicted octanol–water partition coefficient (Wildman–Crippen LogP) is 5.17. The van der Waals surface area contributed by atoms with Crippen LogP contribution in [0.2, 0.25) is 0 Å².